The minimum Gasteiger partial charge on any atom is -0.506 e. The second-order valence-electron chi connectivity index (χ2n) is 4.63. The summed E-state index contributed by atoms with van der Waals surface area (Å²) in [6, 6.07) is 12.4. The Morgan fingerprint density at radius 3 is 2.72 bits per heavy atom. The highest BCUT2D eigenvalue weighted by atomic mass is 16.3. The summed E-state index contributed by atoms with van der Waals surface area (Å²) in [5, 5.41) is 13.2. The summed E-state index contributed by atoms with van der Waals surface area (Å²) < 4.78 is 0. The van der Waals surface area contributed by atoms with Crippen LogP contribution < -0.4 is 0 Å². The maximum atomic E-state index is 9.75. The van der Waals surface area contributed by atoms with Crippen molar-refractivity contribution in [1.29, 1.82) is 0 Å². The van der Waals surface area contributed by atoms with E-state index in [1.165, 1.54) is 16.3 Å². The van der Waals surface area contributed by atoms with E-state index >= 15 is 0 Å². The number of nitrogens with zero attached hydrogens (tertiary/aromatic N) is 1. The Morgan fingerprint density at radius 2 is 1.94 bits per heavy atom. The molecule has 2 nitrogen and oxygen atoms in total. The van der Waals surface area contributed by atoms with Gasteiger partial charge in [-0.1, -0.05) is 25.1 Å². The molecule has 90 valence electrons. The first kappa shape index (κ1) is 11.0. The average Bonchev–Trinajstić information content (AvgIpc) is 2.37. The van der Waals surface area contributed by atoms with Gasteiger partial charge in [0.15, 0.2) is 0 Å². The largest absolute Gasteiger partial charge is 0.506 e. The molecule has 0 unspecified atom stereocenters. The van der Waals surface area contributed by atoms with Gasteiger partial charge < -0.3 is 5.11 Å². The van der Waals surface area contributed by atoms with Crippen LogP contribution in [0.2, 0.25) is 0 Å². The second-order valence-corrected chi connectivity index (χ2v) is 4.63. The average molecular weight is 237 g/mol. The van der Waals surface area contributed by atoms with E-state index in [0.717, 1.165) is 17.3 Å². The SMILES string of the molecule is CCc1cccc2cc3nc(C)c(O)cc3cc12. The van der Waals surface area contributed by atoms with Gasteiger partial charge in [-0.25, -0.2) is 4.98 Å². The summed E-state index contributed by atoms with van der Waals surface area (Å²) >= 11 is 0. The Labute approximate surface area is 106 Å². The van der Waals surface area contributed by atoms with Gasteiger partial charge in [-0.05, 0) is 47.9 Å². The summed E-state index contributed by atoms with van der Waals surface area (Å²) in [6.07, 6.45) is 1.01. The van der Waals surface area contributed by atoms with Crippen molar-refractivity contribution in [2.24, 2.45) is 0 Å². The van der Waals surface area contributed by atoms with Gasteiger partial charge in [-0.15, -0.1) is 0 Å². The lowest BCUT2D eigenvalue weighted by Crippen LogP contribution is -1.88. The second kappa shape index (κ2) is 3.98. The molecule has 3 aromatic rings. The molecule has 0 fully saturated rings. The third-order valence-electron chi connectivity index (χ3n) is 3.45. The highest BCUT2D eigenvalue weighted by Gasteiger charge is 2.05. The maximum Gasteiger partial charge on any atom is 0.137 e. The standard InChI is InChI=1S/C16H15NO/c1-3-11-5-4-6-12-8-15-13(7-14(11)12)9-16(18)10(2)17-15/h4-9,18H,3H2,1-2H3. The Kier molecular flexibility index (Phi) is 2.44. The molecule has 0 spiro atoms. The molecule has 2 heteroatoms. The molecule has 0 radical (unpaired) electrons. The predicted molar refractivity (Wildman–Crippen MR) is 75.0 cm³/mol. The van der Waals surface area contributed by atoms with Crippen molar-refractivity contribution in [3.8, 4) is 5.75 Å². The molecule has 0 amide bonds. The van der Waals surface area contributed by atoms with Crippen LogP contribution in [0.4, 0.5) is 0 Å². The molecule has 0 aliphatic rings. The van der Waals surface area contributed by atoms with Crippen molar-refractivity contribution in [3.05, 3.63) is 47.7 Å². The van der Waals surface area contributed by atoms with Gasteiger partial charge in [-0.3, -0.25) is 0 Å². The third-order valence-corrected chi connectivity index (χ3v) is 3.45. The first-order valence-corrected chi connectivity index (χ1v) is 6.21. The molecular weight excluding hydrogens is 222 g/mol. The minimum atomic E-state index is 0.260. The number of aromatic nitrogens is 1. The number of hydrogen-bond donors (Lipinski definition) is 1. The van der Waals surface area contributed by atoms with Gasteiger partial charge in [0.05, 0.1) is 11.2 Å². The molecule has 18 heavy (non-hydrogen) atoms. The highest BCUT2D eigenvalue weighted by Crippen LogP contribution is 2.28. The smallest absolute Gasteiger partial charge is 0.137 e. The van der Waals surface area contributed by atoms with Crippen molar-refractivity contribution in [2.75, 3.05) is 0 Å². The van der Waals surface area contributed by atoms with Gasteiger partial charge in [0.2, 0.25) is 0 Å². The molecule has 0 bridgehead atoms. The fourth-order valence-corrected chi connectivity index (χ4v) is 2.41. The number of fused-ring (bicyclic) bond motifs is 2. The molecule has 1 aromatic heterocycles. The van der Waals surface area contributed by atoms with E-state index in [1.54, 1.807) is 6.07 Å². The van der Waals surface area contributed by atoms with Gasteiger partial charge in [0.1, 0.15) is 5.75 Å². The minimum absolute atomic E-state index is 0.260. The van der Waals surface area contributed by atoms with Crippen molar-refractivity contribution < 1.29 is 5.11 Å². The van der Waals surface area contributed by atoms with E-state index in [4.69, 9.17) is 0 Å². The topological polar surface area (TPSA) is 33.1 Å². The molecule has 0 saturated heterocycles. The van der Waals surface area contributed by atoms with Crippen LogP contribution in [0.1, 0.15) is 18.2 Å². The van der Waals surface area contributed by atoms with Gasteiger partial charge in [0, 0.05) is 5.39 Å². The van der Waals surface area contributed by atoms with Crippen molar-refractivity contribution >= 4 is 21.7 Å². The maximum absolute atomic E-state index is 9.75. The Morgan fingerprint density at radius 1 is 1.11 bits per heavy atom. The van der Waals surface area contributed by atoms with E-state index in [9.17, 15) is 5.11 Å². The van der Waals surface area contributed by atoms with Crippen molar-refractivity contribution in [1.82, 2.24) is 4.98 Å². The van der Waals surface area contributed by atoms with Gasteiger partial charge in [-0.2, -0.15) is 0 Å². The fourth-order valence-electron chi connectivity index (χ4n) is 2.41. The molecule has 2 aromatic carbocycles. The summed E-state index contributed by atoms with van der Waals surface area (Å²) in [6.45, 7) is 3.98. The fraction of sp³-hybridized carbons (Fsp3) is 0.188. The van der Waals surface area contributed by atoms with E-state index < -0.39 is 0 Å². The van der Waals surface area contributed by atoms with Crippen LogP contribution in [0.15, 0.2) is 36.4 Å². The first-order valence-electron chi connectivity index (χ1n) is 6.21. The van der Waals surface area contributed by atoms with Crippen LogP contribution in [-0.4, -0.2) is 10.1 Å². The lowest BCUT2D eigenvalue weighted by atomic mass is 10.0. The van der Waals surface area contributed by atoms with Crippen molar-refractivity contribution in [2.45, 2.75) is 20.3 Å². The van der Waals surface area contributed by atoms with Crippen molar-refractivity contribution in [3.63, 3.8) is 0 Å². The quantitative estimate of drug-likeness (QED) is 0.650. The van der Waals surface area contributed by atoms with E-state index in [-0.39, 0.29) is 5.75 Å². The summed E-state index contributed by atoms with van der Waals surface area (Å²) in [5.41, 5.74) is 2.94. The van der Waals surface area contributed by atoms with Crippen LogP contribution in [-0.2, 0) is 6.42 Å². The Bertz CT molecular complexity index is 747. The molecule has 1 heterocycles. The number of hydrogen-bond acceptors (Lipinski definition) is 2. The predicted octanol–water partition coefficient (Wildman–Crippen LogP) is 3.96. The van der Waals surface area contributed by atoms with Gasteiger partial charge >= 0.3 is 0 Å². The number of aryl methyl sites for hydroxylation is 2. The zero-order valence-corrected chi connectivity index (χ0v) is 10.6. The third kappa shape index (κ3) is 1.61. The first-order chi connectivity index (χ1) is 8.69. The summed E-state index contributed by atoms with van der Waals surface area (Å²) in [5.74, 6) is 0.260. The summed E-state index contributed by atoms with van der Waals surface area (Å²) in [7, 11) is 0. The van der Waals surface area contributed by atoms with Gasteiger partial charge in [0.25, 0.3) is 0 Å². The molecular formula is C16H15NO. The monoisotopic (exact) mass is 237 g/mol. The number of benzene rings is 2. The number of aromatic hydroxyl groups is 1. The zero-order valence-electron chi connectivity index (χ0n) is 10.6. The van der Waals surface area contributed by atoms with E-state index in [1.807, 2.05) is 6.92 Å². The van der Waals surface area contributed by atoms with Crippen LogP contribution in [0.5, 0.6) is 5.75 Å². The Hall–Kier alpha value is -2.09. The normalized spacial score (nSPS) is 11.2. The highest BCUT2D eigenvalue weighted by molar-refractivity contribution is 5.98. The lowest BCUT2D eigenvalue weighted by Gasteiger charge is -2.07. The molecule has 1 N–H and O–H groups in total. The molecule has 3 rings (SSSR count). The Balaban J connectivity index is 2.43. The zero-order chi connectivity index (χ0) is 12.7. The molecule has 0 aliphatic carbocycles. The van der Waals surface area contributed by atoms with Crippen LogP contribution in [0, 0.1) is 6.92 Å². The van der Waals surface area contributed by atoms with Crippen LogP contribution >= 0.6 is 0 Å². The molecule has 0 atom stereocenters. The van der Waals surface area contributed by atoms with E-state index in [0.29, 0.717) is 5.69 Å². The van der Waals surface area contributed by atoms with Crippen LogP contribution in [0.3, 0.4) is 0 Å². The number of pyridine rings is 1. The lowest BCUT2D eigenvalue weighted by molar-refractivity contribution is 0.469. The molecule has 0 aliphatic heterocycles. The molecule has 0 saturated carbocycles. The van der Waals surface area contributed by atoms with Crippen LogP contribution in [0.25, 0.3) is 21.7 Å². The van der Waals surface area contributed by atoms with E-state index in [2.05, 4.69) is 42.2 Å². The summed E-state index contributed by atoms with van der Waals surface area (Å²) in [4.78, 5) is 4.43. The number of rotatable bonds is 1.